The average Bonchev–Trinajstić information content (AvgIpc) is 2.72. The van der Waals surface area contributed by atoms with Gasteiger partial charge in [-0.1, -0.05) is 6.07 Å². The van der Waals surface area contributed by atoms with Crippen molar-refractivity contribution in [2.75, 3.05) is 38.0 Å². The van der Waals surface area contributed by atoms with Crippen LogP contribution < -0.4 is 9.46 Å². The second-order valence-electron chi connectivity index (χ2n) is 6.50. The van der Waals surface area contributed by atoms with Gasteiger partial charge in [-0.15, -0.1) is 0 Å². The van der Waals surface area contributed by atoms with Crippen molar-refractivity contribution in [3.05, 3.63) is 53.3 Å². The van der Waals surface area contributed by atoms with E-state index >= 15 is 0 Å². The van der Waals surface area contributed by atoms with Gasteiger partial charge < -0.3 is 23.8 Å². The maximum absolute atomic E-state index is 12.9. The third-order valence-corrected chi connectivity index (χ3v) is 5.00. The van der Waals surface area contributed by atoms with Crippen molar-refractivity contribution in [3.8, 4) is 5.75 Å². The highest BCUT2D eigenvalue weighted by molar-refractivity contribution is 7.80. The molecule has 3 rings (SSSR count). The standard InChI is InChI=1S/C19H22N4O5S/c1-13-4-3-5-16(20-13)19(25)23-10-8-22(9-11-23)18(24)15-7-6-14(21-29(26)27)12-17(15)28-2/h3-7,12,21H,8-11H2,1-2H3,(H,26,27)/p-1. The van der Waals surface area contributed by atoms with Crippen LogP contribution in [0.15, 0.2) is 36.4 Å². The summed E-state index contributed by atoms with van der Waals surface area (Å²) in [6.07, 6.45) is 0. The first kappa shape index (κ1) is 20.7. The molecule has 1 aliphatic rings. The minimum Gasteiger partial charge on any atom is -0.755 e. The SMILES string of the molecule is COc1cc(NS(=O)[O-])ccc1C(=O)N1CCN(C(=O)c2cccc(C)n2)CC1. The lowest BCUT2D eigenvalue weighted by molar-refractivity contribution is 0.0530. The van der Waals surface area contributed by atoms with Gasteiger partial charge in [-0.25, -0.2) is 4.98 Å². The van der Waals surface area contributed by atoms with Crippen LogP contribution in [0, 0.1) is 6.92 Å². The number of amides is 2. The molecule has 2 amide bonds. The Kier molecular flexibility index (Phi) is 6.45. The van der Waals surface area contributed by atoms with Gasteiger partial charge >= 0.3 is 0 Å². The van der Waals surface area contributed by atoms with E-state index in [1.54, 1.807) is 21.9 Å². The van der Waals surface area contributed by atoms with Gasteiger partial charge in [0.25, 0.3) is 11.8 Å². The Morgan fingerprint density at radius 3 is 2.34 bits per heavy atom. The third-order valence-electron chi connectivity index (χ3n) is 4.59. The van der Waals surface area contributed by atoms with Gasteiger partial charge in [0, 0.05) is 54.9 Å². The number of piperazine rings is 1. The molecule has 0 bridgehead atoms. The molecule has 2 aromatic rings. The lowest BCUT2D eigenvalue weighted by atomic mass is 10.1. The highest BCUT2D eigenvalue weighted by atomic mass is 32.2. The van der Waals surface area contributed by atoms with Gasteiger partial charge in [-0.05, 0) is 31.2 Å². The van der Waals surface area contributed by atoms with Crippen molar-refractivity contribution < 1.29 is 23.1 Å². The summed E-state index contributed by atoms with van der Waals surface area (Å²) in [4.78, 5) is 33.1. The zero-order valence-corrected chi connectivity index (χ0v) is 16.9. The predicted molar refractivity (Wildman–Crippen MR) is 106 cm³/mol. The molecule has 0 saturated carbocycles. The zero-order chi connectivity index (χ0) is 21.0. The summed E-state index contributed by atoms with van der Waals surface area (Å²) >= 11 is -2.47. The molecule has 1 unspecified atom stereocenters. The molecule has 1 aliphatic heterocycles. The smallest absolute Gasteiger partial charge is 0.272 e. The van der Waals surface area contributed by atoms with Gasteiger partial charge in [0.15, 0.2) is 0 Å². The third kappa shape index (κ3) is 4.90. The number of hydrogen-bond donors (Lipinski definition) is 1. The van der Waals surface area contributed by atoms with Gasteiger partial charge in [-0.3, -0.25) is 13.8 Å². The summed E-state index contributed by atoms with van der Waals surface area (Å²) in [5.41, 5.74) is 1.79. The normalized spacial score (nSPS) is 15.0. The van der Waals surface area contributed by atoms with Crippen molar-refractivity contribution in [3.63, 3.8) is 0 Å². The van der Waals surface area contributed by atoms with Gasteiger partial charge in [0.2, 0.25) is 0 Å². The van der Waals surface area contributed by atoms with E-state index in [1.807, 2.05) is 13.0 Å². The molecule has 1 N–H and O–H groups in total. The number of carbonyl (C=O) groups excluding carboxylic acids is 2. The Labute approximate surface area is 171 Å². The molecular formula is C19H21N4O5S-. The van der Waals surface area contributed by atoms with Crippen molar-refractivity contribution in [1.82, 2.24) is 14.8 Å². The van der Waals surface area contributed by atoms with E-state index in [4.69, 9.17) is 4.74 Å². The zero-order valence-electron chi connectivity index (χ0n) is 16.1. The summed E-state index contributed by atoms with van der Waals surface area (Å²) in [6.45, 7) is 3.39. The number of ether oxygens (including phenoxy) is 1. The van der Waals surface area contributed by atoms with Gasteiger partial charge in [-0.2, -0.15) is 0 Å². The van der Waals surface area contributed by atoms with Crippen LogP contribution in [-0.2, 0) is 11.3 Å². The van der Waals surface area contributed by atoms with Gasteiger partial charge in [0.1, 0.15) is 11.4 Å². The number of carbonyl (C=O) groups is 2. The lowest BCUT2D eigenvalue weighted by Gasteiger charge is -2.34. The quantitative estimate of drug-likeness (QED) is 0.731. The van der Waals surface area contributed by atoms with E-state index < -0.39 is 11.3 Å². The highest BCUT2D eigenvalue weighted by Gasteiger charge is 2.27. The highest BCUT2D eigenvalue weighted by Crippen LogP contribution is 2.25. The topological polar surface area (TPSA) is 115 Å². The Morgan fingerprint density at radius 2 is 1.76 bits per heavy atom. The number of anilines is 1. The second kappa shape index (κ2) is 9.01. The maximum Gasteiger partial charge on any atom is 0.272 e. The monoisotopic (exact) mass is 417 g/mol. The number of hydrogen-bond acceptors (Lipinski definition) is 6. The van der Waals surface area contributed by atoms with Crippen LogP contribution in [0.2, 0.25) is 0 Å². The first-order chi connectivity index (χ1) is 13.9. The molecule has 2 heterocycles. The average molecular weight is 417 g/mol. The number of nitrogens with zero attached hydrogens (tertiary/aromatic N) is 3. The number of aromatic nitrogens is 1. The maximum atomic E-state index is 12.9. The van der Waals surface area contributed by atoms with E-state index in [2.05, 4.69) is 9.71 Å². The molecule has 0 spiro atoms. The molecule has 29 heavy (non-hydrogen) atoms. The number of nitrogens with one attached hydrogen (secondary N) is 1. The molecule has 1 aromatic carbocycles. The largest absolute Gasteiger partial charge is 0.755 e. The lowest BCUT2D eigenvalue weighted by Crippen LogP contribution is -2.50. The first-order valence-electron chi connectivity index (χ1n) is 8.95. The molecule has 0 radical (unpaired) electrons. The Morgan fingerprint density at radius 1 is 1.10 bits per heavy atom. The minimum absolute atomic E-state index is 0.153. The van der Waals surface area contributed by atoms with Crippen LogP contribution in [0.4, 0.5) is 5.69 Å². The van der Waals surface area contributed by atoms with E-state index in [0.29, 0.717) is 43.1 Å². The summed E-state index contributed by atoms with van der Waals surface area (Å²) in [6, 6.07) is 9.77. The van der Waals surface area contributed by atoms with Crippen molar-refractivity contribution in [2.45, 2.75) is 6.92 Å². The number of benzene rings is 1. The van der Waals surface area contributed by atoms with Crippen molar-refractivity contribution in [1.29, 1.82) is 0 Å². The number of methoxy groups -OCH3 is 1. The number of rotatable bonds is 5. The van der Waals surface area contributed by atoms with Crippen LogP contribution in [0.25, 0.3) is 0 Å². The fourth-order valence-electron chi connectivity index (χ4n) is 3.13. The summed E-state index contributed by atoms with van der Waals surface area (Å²) in [5.74, 6) is -0.121. The Bertz CT molecular complexity index is 944. The number of aryl methyl sites for hydroxylation is 1. The van der Waals surface area contributed by atoms with Crippen molar-refractivity contribution >= 4 is 28.8 Å². The van der Waals surface area contributed by atoms with Crippen LogP contribution in [-0.4, -0.2) is 68.6 Å². The molecule has 154 valence electrons. The molecular weight excluding hydrogens is 396 g/mol. The fourth-order valence-corrected chi connectivity index (χ4v) is 3.45. The van der Waals surface area contributed by atoms with Crippen LogP contribution in [0.3, 0.4) is 0 Å². The Hall–Kier alpha value is -2.98. The van der Waals surface area contributed by atoms with Crippen LogP contribution in [0.1, 0.15) is 26.5 Å². The molecule has 10 heteroatoms. The number of pyridine rings is 1. The summed E-state index contributed by atoms with van der Waals surface area (Å²) < 4.78 is 29.0. The van der Waals surface area contributed by atoms with E-state index in [-0.39, 0.29) is 17.6 Å². The molecule has 1 atom stereocenters. The van der Waals surface area contributed by atoms with E-state index in [9.17, 15) is 18.4 Å². The molecule has 0 aliphatic carbocycles. The van der Waals surface area contributed by atoms with Crippen LogP contribution in [0.5, 0.6) is 5.75 Å². The second-order valence-corrected chi connectivity index (χ2v) is 7.17. The molecule has 1 saturated heterocycles. The predicted octanol–water partition coefficient (Wildman–Crippen LogP) is 1.20. The van der Waals surface area contributed by atoms with Crippen molar-refractivity contribution in [2.24, 2.45) is 0 Å². The van der Waals surface area contributed by atoms with E-state index in [1.165, 1.54) is 25.3 Å². The first-order valence-corrected chi connectivity index (χ1v) is 10.0. The fraction of sp³-hybridized carbons (Fsp3) is 0.316. The summed E-state index contributed by atoms with van der Waals surface area (Å²) in [7, 11) is 1.41. The molecule has 1 fully saturated rings. The molecule has 9 nitrogen and oxygen atoms in total. The van der Waals surface area contributed by atoms with E-state index in [0.717, 1.165) is 5.69 Å². The van der Waals surface area contributed by atoms with Crippen LogP contribution >= 0.6 is 0 Å². The Balaban J connectivity index is 1.67. The van der Waals surface area contributed by atoms with Gasteiger partial charge in [0.05, 0.1) is 12.7 Å². The molecule has 1 aromatic heterocycles. The minimum atomic E-state index is -2.47. The summed E-state index contributed by atoms with van der Waals surface area (Å²) in [5, 5.41) is 0.